The van der Waals surface area contributed by atoms with Gasteiger partial charge in [0.05, 0.1) is 6.04 Å². The molecule has 1 saturated heterocycles. The first kappa shape index (κ1) is 17.5. The number of urea groups is 1. The fraction of sp³-hybridized carbons (Fsp3) is 0.421. The Morgan fingerprint density at radius 3 is 2.75 bits per heavy atom. The van der Waals surface area contributed by atoms with Crippen molar-refractivity contribution in [1.82, 2.24) is 4.90 Å². The van der Waals surface area contributed by atoms with Crippen LogP contribution in [0.5, 0.6) is 0 Å². The van der Waals surface area contributed by atoms with Crippen LogP contribution in [0, 0.1) is 13.8 Å². The van der Waals surface area contributed by atoms with Crippen LogP contribution in [-0.2, 0) is 0 Å². The molecule has 2 aromatic rings. The zero-order valence-corrected chi connectivity index (χ0v) is 16.5. The van der Waals surface area contributed by atoms with E-state index in [1.807, 2.05) is 41.4 Å². The van der Waals surface area contributed by atoms with Crippen LogP contribution >= 0.6 is 27.3 Å². The molecule has 1 aliphatic rings. The predicted octanol–water partition coefficient (Wildman–Crippen LogP) is 6.28. The maximum absolute atomic E-state index is 12.9. The SMILES string of the molecule is Cc1ccc([C@@H]2CCCCCN2C(=O)Nc2ccc(Br)c(C)c2)s1. The average Bonchev–Trinajstić information content (AvgIpc) is 2.83. The van der Waals surface area contributed by atoms with Crippen LogP contribution in [0.15, 0.2) is 34.8 Å². The lowest BCUT2D eigenvalue weighted by atomic mass is 10.1. The van der Waals surface area contributed by atoms with E-state index in [9.17, 15) is 4.79 Å². The van der Waals surface area contributed by atoms with Crippen molar-refractivity contribution in [2.75, 3.05) is 11.9 Å². The summed E-state index contributed by atoms with van der Waals surface area (Å²) >= 11 is 5.31. The smallest absolute Gasteiger partial charge is 0.317 e. The lowest BCUT2D eigenvalue weighted by molar-refractivity contribution is 0.190. The molecular formula is C19H23BrN2OS. The van der Waals surface area contributed by atoms with E-state index in [-0.39, 0.29) is 12.1 Å². The summed E-state index contributed by atoms with van der Waals surface area (Å²) in [7, 11) is 0. The number of rotatable bonds is 2. The van der Waals surface area contributed by atoms with E-state index in [0.717, 1.165) is 35.1 Å². The number of nitrogens with zero attached hydrogens (tertiary/aromatic N) is 1. The topological polar surface area (TPSA) is 32.3 Å². The van der Waals surface area contributed by atoms with Gasteiger partial charge < -0.3 is 10.2 Å². The van der Waals surface area contributed by atoms with Crippen molar-refractivity contribution in [2.45, 2.75) is 45.6 Å². The van der Waals surface area contributed by atoms with Crippen LogP contribution in [0.25, 0.3) is 0 Å². The van der Waals surface area contributed by atoms with Gasteiger partial charge in [-0.15, -0.1) is 11.3 Å². The van der Waals surface area contributed by atoms with Crippen molar-refractivity contribution in [2.24, 2.45) is 0 Å². The number of anilines is 1. The van der Waals surface area contributed by atoms with Gasteiger partial charge in [0.25, 0.3) is 0 Å². The van der Waals surface area contributed by atoms with Crippen molar-refractivity contribution in [3.8, 4) is 0 Å². The van der Waals surface area contributed by atoms with E-state index < -0.39 is 0 Å². The maximum Gasteiger partial charge on any atom is 0.322 e. The number of aryl methyl sites for hydroxylation is 2. The summed E-state index contributed by atoms with van der Waals surface area (Å²) in [5, 5.41) is 3.08. The summed E-state index contributed by atoms with van der Waals surface area (Å²) < 4.78 is 1.06. The number of benzene rings is 1. The van der Waals surface area contributed by atoms with E-state index in [2.05, 4.69) is 40.3 Å². The average molecular weight is 407 g/mol. The molecule has 3 rings (SSSR count). The fourth-order valence-electron chi connectivity index (χ4n) is 3.20. The molecule has 5 heteroatoms. The number of carbonyl (C=O) groups is 1. The van der Waals surface area contributed by atoms with Gasteiger partial charge >= 0.3 is 6.03 Å². The van der Waals surface area contributed by atoms with E-state index in [1.165, 1.54) is 22.6 Å². The van der Waals surface area contributed by atoms with Crippen LogP contribution in [0.1, 0.15) is 47.0 Å². The predicted molar refractivity (Wildman–Crippen MR) is 105 cm³/mol. The lowest BCUT2D eigenvalue weighted by Crippen LogP contribution is -2.37. The van der Waals surface area contributed by atoms with Crippen molar-refractivity contribution in [1.29, 1.82) is 0 Å². The van der Waals surface area contributed by atoms with Gasteiger partial charge in [0.2, 0.25) is 0 Å². The Bertz CT molecular complexity index is 728. The molecule has 1 fully saturated rings. The third kappa shape index (κ3) is 4.01. The highest BCUT2D eigenvalue weighted by Gasteiger charge is 2.27. The molecule has 0 unspecified atom stereocenters. The van der Waals surface area contributed by atoms with Crippen LogP contribution < -0.4 is 5.32 Å². The Kier molecular flexibility index (Phi) is 5.61. The Balaban J connectivity index is 1.80. The number of hydrogen-bond acceptors (Lipinski definition) is 2. The molecule has 0 saturated carbocycles. The van der Waals surface area contributed by atoms with Gasteiger partial charge in [0.15, 0.2) is 0 Å². The molecule has 0 spiro atoms. The highest BCUT2D eigenvalue weighted by molar-refractivity contribution is 9.10. The second kappa shape index (κ2) is 7.70. The number of thiophene rings is 1. The van der Waals surface area contributed by atoms with Gasteiger partial charge in [-0.25, -0.2) is 4.79 Å². The zero-order valence-electron chi connectivity index (χ0n) is 14.1. The van der Waals surface area contributed by atoms with E-state index in [1.54, 1.807) is 0 Å². The summed E-state index contributed by atoms with van der Waals surface area (Å²) in [6.07, 6.45) is 4.51. The summed E-state index contributed by atoms with van der Waals surface area (Å²) in [5.74, 6) is 0. The first-order chi connectivity index (χ1) is 11.5. The van der Waals surface area contributed by atoms with Gasteiger partial charge in [0.1, 0.15) is 0 Å². The molecular weight excluding hydrogens is 384 g/mol. The molecule has 1 N–H and O–H groups in total. The first-order valence-electron chi connectivity index (χ1n) is 8.45. The zero-order chi connectivity index (χ0) is 17.1. The molecule has 1 atom stereocenters. The normalized spacial score (nSPS) is 18.3. The second-order valence-corrected chi connectivity index (χ2v) is 8.57. The Labute approximate surface area is 156 Å². The van der Waals surface area contributed by atoms with E-state index in [4.69, 9.17) is 0 Å². The first-order valence-corrected chi connectivity index (χ1v) is 10.1. The van der Waals surface area contributed by atoms with Gasteiger partial charge in [0, 0.05) is 26.5 Å². The largest absolute Gasteiger partial charge is 0.322 e. The minimum absolute atomic E-state index is 0.00896. The lowest BCUT2D eigenvalue weighted by Gasteiger charge is -2.29. The maximum atomic E-state index is 12.9. The minimum atomic E-state index is 0.00896. The standard InChI is InChI=1S/C19H23BrN2OS/c1-13-12-15(8-9-16(13)20)21-19(23)22-11-5-3-4-6-17(22)18-10-7-14(2)24-18/h7-10,12,17H,3-6,11H2,1-2H3,(H,21,23)/t17-/m0/s1. The van der Waals surface area contributed by atoms with Crippen LogP contribution in [-0.4, -0.2) is 17.5 Å². The monoisotopic (exact) mass is 406 g/mol. The molecule has 24 heavy (non-hydrogen) atoms. The van der Waals surface area contributed by atoms with Crippen molar-refractivity contribution in [3.63, 3.8) is 0 Å². The molecule has 2 amide bonds. The minimum Gasteiger partial charge on any atom is -0.317 e. The Morgan fingerprint density at radius 2 is 2.04 bits per heavy atom. The van der Waals surface area contributed by atoms with Crippen molar-refractivity contribution >= 4 is 39.0 Å². The van der Waals surface area contributed by atoms with Crippen molar-refractivity contribution < 1.29 is 4.79 Å². The third-order valence-corrected chi connectivity index (χ3v) is 6.50. The number of hydrogen-bond donors (Lipinski definition) is 1. The highest BCUT2D eigenvalue weighted by Crippen LogP contribution is 2.34. The summed E-state index contributed by atoms with van der Waals surface area (Å²) in [6.45, 7) is 4.98. The van der Waals surface area contributed by atoms with Gasteiger partial charge in [-0.05, 0) is 62.6 Å². The van der Waals surface area contributed by atoms with Crippen LogP contribution in [0.3, 0.4) is 0 Å². The summed E-state index contributed by atoms with van der Waals surface area (Å²) in [6, 6.07) is 10.5. The number of amides is 2. The quantitative estimate of drug-likeness (QED) is 0.625. The second-order valence-electron chi connectivity index (χ2n) is 6.40. The fourth-order valence-corrected chi connectivity index (χ4v) is 4.47. The molecule has 0 bridgehead atoms. The summed E-state index contributed by atoms with van der Waals surface area (Å²) in [5.41, 5.74) is 1.97. The van der Waals surface area contributed by atoms with Crippen molar-refractivity contribution in [3.05, 3.63) is 50.1 Å². The van der Waals surface area contributed by atoms with Crippen LogP contribution in [0.2, 0.25) is 0 Å². The number of likely N-dealkylation sites (tertiary alicyclic amines) is 1. The number of halogens is 1. The summed E-state index contributed by atoms with van der Waals surface area (Å²) in [4.78, 5) is 17.5. The third-order valence-electron chi connectivity index (χ3n) is 4.51. The molecule has 1 aromatic heterocycles. The van der Waals surface area contributed by atoms with E-state index in [0.29, 0.717) is 0 Å². The Hall–Kier alpha value is -1.33. The van der Waals surface area contributed by atoms with Crippen LogP contribution in [0.4, 0.5) is 10.5 Å². The van der Waals surface area contributed by atoms with Gasteiger partial charge in [-0.2, -0.15) is 0 Å². The molecule has 0 aliphatic carbocycles. The molecule has 0 radical (unpaired) electrons. The van der Waals surface area contributed by atoms with Gasteiger partial charge in [-0.3, -0.25) is 0 Å². The number of nitrogens with one attached hydrogen (secondary N) is 1. The molecule has 1 aromatic carbocycles. The van der Waals surface area contributed by atoms with Gasteiger partial charge in [-0.1, -0.05) is 28.8 Å². The molecule has 1 aliphatic heterocycles. The molecule has 2 heterocycles. The Morgan fingerprint density at radius 1 is 1.21 bits per heavy atom. The molecule has 3 nitrogen and oxygen atoms in total. The van der Waals surface area contributed by atoms with E-state index >= 15 is 0 Å². The molecule has 128 valence electrons. The highest BCUT2D eigenvalue weighted by atomic mass is 79.9. The number of carbonyl (C=O) groups excluding carboxylic acids is 1.